The topological polar surface area (TPSA) is 40.5 Å². The molecule has 0 spiro atoms. The van der Waals surface area contributed by atoms with Crippen LogP contribution in [0.4, 0.5) is 0 Å². The molecule has 0 saturated heterocycles. The molecule has 0 aromatic heterocycles. The van der Waals surface area contributed by atoms with Gasteiger partial charge in [-0.1, -0.05) is 19.9 Å². The summed E-state index contributed by atoms with van der Waals surface area (Å²) in [5, 5.41) is 8.80. The normalized spacial score (nSPS) is 14.5. The average molecular weight is 199 g/mol. The van der Waals surface area contributed by atoms with Crippen molar-refractivity contribution in [1.82, 2.24) is 4.90 Å². The van der Waals surface area contributed by atoms with Crippen molar-refractivity contribution < 1.29 is 9.90 Å². The Labute approximate surface area is 86.4 Å². The van der Waals surface area contributed by atoms with Crippen LogP contribution in [-0.4, -0.2) is 35.6 Å². The van der Waals surface area contributed by atoms with Gasteiger partial charge in [0, 0.05) is 18.2 Å². The Morgan fingerprint density at radius 3 is 2.43 bits per heavy atom. The molecule has 0 saturated carbocycles. The van der Waals surface area contributed by atoms with Gasteiger partial charge in [0.1, 0.15) is 0 Å². The quantitative estimate of drug-likeness (QED) is 0.666. The Morgan fingerprint density at radius 2 is 2.07 bits per heavy atom. The summed E-state index contributed by atoms with van der Waals surface area (Å²) < 4.78 is 0. The third-order valence-electron chi connectivity index (χ3n) is 2.62. The van der Waals surface area contributed by atoms with Gasteiger partial charge in [-0.05, 0) is 26.8 Å². The van der Waals surface area contributed by atoms with Gasteiger partial charge in [-0.15, -0.1) is 0 Å². The molecule has 0 aromatic rings. The van der Waals surface area contributed by atoms with E-state index in [2.05, 4.69) is 18.7 Å². The Morgan fingerprint density at radius 1 is 1.50 bits per heavy atom. The van der Waals surface area contributed by atoms with Crippen LogP contribution in [0, 0.1) is 0 Å². The lowest BCUT2D eigenvalue weighted by atomic mass is 10.2. The first-order valence-electron chi connectivity index (χ1n) is 5.15. The minimum absolute atomic E-state index is 0.498. The van der Waals surface area contributed by atoms with Gasteiger partial charge in [0.25, 0.3) is 0 Å². The zero-order chi connectivity index (χ0) is 11.1. The zero-order valence-corrected chi connectivity index (χ0v) is 9.58. The van der Waals surface area contributed by atoms with Gasteiger partial charge >= 0.3 is 5.97 Å². The predicted molar refractivity (Wildman–Crippen MR) is 58.4 cm³/mol. The first-order valence-corrected chi connectivity index (χ1v) is 5.15. The lowest BCUT2D eigenvalue weighted by Crippen LogP contribution is -2.28. The number of carboxylic acids is 1. The van der Waals surface area contributed by atoms with E-state index in [0.717, 1.165) is 6.42 Å². The molecule has 0 aromatic carbocycles. The van der Waals surface area contributed by atoms with Crippen LogP contribution in [0.1, 0.15) is 33.6 Å². The summed E-state index contributed by atoms with van der Waals surface area (Å²) in [7, 11) is 2.01. The number of likely N-dealkylation sites (N-methyl/N-ethyl adjacent to an activating group) is 1. The molecule has 3 nitrogen and oxygen atoms in total. The summed E-state index contributed by atoms with van der Waals surface area (Å²) in [6.45, 7) is 6.84. The van der Waals surface area contributed by atoms with Gasteiger partial charge in [0.2, 0.25) is 0 Å². The van der Waals surface area contributed by atoms with E-state index >= 15 is 0 Å². The molecule has 0 aliphatic rings. The van der Waals surface area contributed by atoms with Gasteiger partial charge in [0.15, 0.2) is 0 Å². The standard InChI is InChI=1S/C11H21NO2/c1-5-9(3)12(4)8-7-10(6-2)11(13)14/h7,9H,5-6,8H2,1-4H3,(H,13,14). The lowest BCUT2D eigenvalue weighted by molar-refractivity contribution is -0.132. The van der Waals surface area contributed by atoms with Crippen molar-refractivity contribution in [3.63, 3.8) is 0 Å². The van der Waals surface area contributed by atoms with Crippen LogP contribution < -0.4 is 0 Å². The second-order valence-electron chi connectivity index (χ2n) is 3.58. The summed E-state index contributed by atoms with van der Waals surface area (Å²) >= 11 is 0. The summed E-state index contributed by atoms with van der Waals surface area (Å²) in [6, 6.07) is 0.498. The van der Waals surface area contributed by atoms with E-state index in [1.165, 1.54) is 0 Å². The van der Waals surface area contributed by atoms with Gasteiger partial charge < -0.3 is 10.0 Å². The van der Waals surface area contributed by atoms with Crippen molar-refractivity contribution in [2.75, 3.05) is 13.6 Å². The number of carbonyl (C=O) groups is 1. The number of rotatable bonds is 6. The van der Waals surface area contributed by atoms with E-state index in [9.17, 15) is 4.79 Å². The van der Waals surface area contributed by atoms with Crippen LogP contribution in [-0.2, 0) is 4.79 Å². The Bertz CT molecular complexity index is 211. The molecular formula is C11H21NO2. The molecule has 82 valence electrons. The molecule has 0 fully saturated rings. The SMILES string of the molecule is CCC(=CCN(C)C(C)CC)C(=O)O. The van der Waals surface area contributed by atoms with E-state index in [4.69, 9.17) is 5.11 Å². The fourth-order valence-corrected chi connectivity index (χ4v) is 1.13. The number of aliphatic carboxylic acids is 1. The van der Waals surface area contributed by atoms with Crippen molar-refractivity contribution >= 4 is 5.97 Å². The van der Waals surface area contributed by atoms with Crippen molar-refractivity contribution in [3.05, 3.63) is 11.6 Å². The average Bonchev–Trinajstić information content (AvgIpc) is 2.16. The minimum atomic E-state index is -0.801. The summed E-state index contributed by atoms with van der Waals surface area (Å²) in [5.74, 6) is -0.801. The number of hydrogen-bond donors (Lipinski definition) is 1. The molecule has 14 heavy (non-hydrogen) atoms. The molecule has 0 bridgehead atoms. The Kier molecular flexibility index (Phi) is 6.21. The molecule has 1 N–H and O–H groups in total. The highest BCUT2D eigenvalue weighted by Crippen LogP contribution is 2.04. The van der Waals surface area contributed by atoms with E-state index in [-0.39, 0.29) is 0 Å². The summed E-state index contributed by atoms with van der Waals surface area (Å²) in [4.78, 5) is 12.8. The smallest absolute Gasteiger partial charge is 0.331 e. The van der Waals surface area contributed by atoms with Crippen molar-refractivity contribution in [2.45, 2.75) is 39.7 Å². The Balaban J connectivity index is 4.18. The van der Waals surface area contributed by atoms with Crippen LogP contribution >= 0.6 is 0 Å². The molecule has 0 heterocycles. The highest BCUT2D eigenvalue weighted by molar-refractivity contribution is 5.86. The second-order valence-corrected chi connectivity index (χ2v) is 3.58. The lowest BCUT2D eigenvalue weighted by Gasteiger charge is -2.21. The monoisotopic (exact) mass is 199 g/mol. The molecule has 0 aliphatic carbocycles. The molecule has 1 unspecified atom stereocenters. The Hall–Kier alpha value is -0.830. The van der Waals surface area contributed by atoms with Crippen LogP contribution in [0.2, 0.25) is 0 Å². The van der Waals surface area contributed by atoms with E-state index in [1.54, 1.807) is 6.08 Å². The highest BCUT2D eigenvalue weighted by atomic mass is 16.4. The van der Waals surface area contributed by atoms with Gasteiger partial charge in [-0.2, -0.15) is 0 Å². The van der Waals surface area contributed by atoms with Crippen LogP contribution in [0.25, 0.3) is 0 Å². The van der Waals surface area contributed by atoms with Crippen molar-refractivity contribution in [3.8, 4) is 0 Å². The molecule has 0 radical (unpaired) electrons. The number of nitrogens with zero attached hydrogens (tertiary/aromatic N) is 1. The maximum atomic E-state index is 10.7. The van der Waals surface area contributed by atoms with Crippen LogP contribution in [0.15, 0.2) is 11.6 Å². The fraction of sp³-hybridized carbons (Fsp3) is 0.727. The maximum Gasteiger partial charge on any atom is 0.331 e. The van der Waals surface area contributed by atoms with Gasteiger partial charge in [0.05, 0.1) is 0 Å². The first-order chi connectivity index (χ1) is 6.52. The third-order valence-corrected chi connectivity index (χ3v) is 2.62. The van der Waals surface area contributed by atoms with Crippen LogP contribution in [0.5, 0.6) is 0 Å². The summed E-state index contributed by atoms with van der Waals surface area (Å²) in [5.41, 5.74) is 0.500. The molecular weight excluding hydrogens is 178 g/mol. The van der Waals surface area contributed by atoms with E-state index in [0.29, 0.717) is 24.6 Å². The van der Waals surface area contributed by atoms with E-state index < -0.39 is 5.97 Å². The summed E-state index contributed by atoms with van der Waals surface area (Å²) in [6.07, 6.45) is 3.47. The molecule has 1 atom stereocenters. The predicted octanol–water partition coefficient (Wildman–Crippen LogP) is 2.14. The van der Waals surface area contributed by atoms with Crippen molar-refractivity contribution in [2.24, 2.45) is 0 Å². The fourth-order valence-electron chi connectivity index (χ4n) is 1.13. The van der Waals surface area contributed by atoms with Gasteiger partial charge in [-0.25, -0.2) is 4.79 Å². The van der Waals surface area contributed by atoms with Gasteiger partial charge in [-0.3, -0.25) is 0 Å². The molecule has 3 heteroatoms. The molecule has 0 rings (SSSR count). The molecule has 0 amide bonds. The van der Waals surface area contributed by atoms with Crippen LogP contribution in [0.3, 0.4) is 0 Å². The number of hydrogen-bond acceptors (Lipinski definition) is 2. The maximum absolute atomic E-state index is 10.7. The third kappa shape index (κ3) is 4.42. The number of carboxylic acid groups (broad SMARTS) is 1. The molecule has 0 aliphatic heterocycles. The zero-order valence-electron chi connectivity index (χ0n) is 9.58. The second kappa shape index (κ2) is 6.60. The highest BCUT2D eigenvalue weighted by Gasteiger charge is 2.07. The van der Waals surface area contributed by atoms with Crippen molar-refractivity contribution in [1.29, 1.82) is 0 Å². The van der Waals surface area contributed by atoms with E-state index in [1.807, 2.05) is 14.0 Å². The first kappa shape index (κ1) is 13.2. The minimum Gasteiger partial charge on any atom is -0.478 e. The largest absolute Gasteiger partial charge is 0.478 e.